The molecule has 1 aromatic carbocycles. The topological polar surface area (TPSA) is 104 Å². The molecule has 33 heavy (non-hydrogen) atoms. The van der Waals surface area contributed by atoms with Crippen LogP contribution in [0.1, 0.15) is 71.2 Å². The van der Waals surface area contributed by atoms with Gasteiger partial charge in [0.2, 0.25) is 0 Å². The van der Waals surface area contributed by atoms with Gasteiger partial charge in [-0.1, -0.05) is 27.2 Å². The normalized spacial score (nSPS) is 11.3. The fourth-order valence-electron chi connectivity index (χ4n) is 3.88. The molecule has 182 valence electrons. The molecule has 1 aromatic heterocycles. The Morgan fingerprint density at radius 3 is 2.24 bits per heavy atom. The molecule has 0 atom stereocenters. The number of nitrogens with two attached hydrogens (primary N) is 1. The van der Waals surface area contributed by atoms with Crippen LogP contribution in [-0.4, -0.2) is 34.6 Å². The molecule has 0 aliphatic heterocycles. The van der Waals surface area contributed by atoms with E-state index in [2.05, 4.69) is 44.5 Å². The summed E-state index contributed by atoms with van der Waals surface area (Å²) in [6, 6.07) is 7.74. The van der Waals surface area contributed by atoms with Crippen LogP contribution in [0.4, 0.5) is 17.2 Å². The van der Waals surface area contributed by atoms with E-state index in [4.69, 9.17) is 5.73 Å². The highest BCUT2D eigenvalue weighted by molar-refractivity contribution is 6.07. The van der Waals surface area contributed by atoms with Gasteiger partial charge in [0.05, 0.1) is 0 Å². The quantitative estimate of drug-likeness (QED) is 0.533. The highest BCUT2D eigenvalue weighted by Gasteiger charge is 2.25. The van der Waals surface area contributed by atoms with E-state index in [-0.39, 0.29) is 17.4 Å². The van der Waals surface area contributed by atoms with Gasteiger partial charge in [-0.3, -0.25) is 19.1 Å². The lowest BCUT2D eigenvalue weighted by Crippen LogP contribution is -2.42. The van der Waals surface area contributed by atoms with Crippen molar-refractivity contribution in [2.45, 2.75) is 73.4 Å². The summed E-state index contributed by atoms with van der Waals surface area (Å²) in [6.45, 7) is 14.0. The minimum absolute atomic E-state index is 0.0305. The summed E-state index contributed by atoms with van der Waals surface area (Å²) in [5.41, 5.74) is 6.65. The predicted octanol–water partition coefficient (Wildman–Crippen LogP) is 3.85. The standard InChI is InChI=1S/C25H39N5O3/c1-7-9-15-30-22(26)21(23(31)27-25(30)33)29(16-14-17(3)4)24(32)19-10-12-20(13-11-19)28(8-2)18(5)6/h10-13,17-18H,7-9,14-16,26H2,1-6H3,(H,27,31,33). The molecule has 0 saturated heterocycles. The molecule has 0 radical (unpaired) electrons. The van der Waals surface area contributed by atoms with Gasteiger partial charge in [0.25, 0.3) is 11.5 Å². The van der Waals surface area contributed by atoms with Crippen molar-refractivity contribution in [3.8, 4) is 0 Å². The van der Waals surface area contributed by atoms with Crippen molar-refractivity contribution in [3.63, 3.8) is 0 Å². The molecule has 2 aromatic rings. The molecule has 0 fully saturated rings. The SMILES string of the molecule is CCCCn1c(N)c(N(CCC(C)C)C(=O)c2ccc(N(CC)C(C)C)cc2)c(=O)[nH]c1=O. The summed E-state index contributed by atoms with van der Waals surface area (Å²) in [4.78, 5) is 44.7. The first kappa shape index (κ1) is 26.2. The number of unbranched alkanes of at least 4 members (excludes halogenated alkanes) is 1. The minimum Gasteiger partial charge on any atom is -0.383 e. The zero-order valence-corrected chi connectivity index (χ0v) is 20.9. The minimum atomic E-state index is -0.643. The highest BCUT2D eigenvalue weighted by Crippen LogP contribution is 2.23. The zero-order chi connectivity index (χ0) is 24.7. The molecule has 0 aliphatic rings. The van der Waals surface area contributed by atoms with E-state index in [0.29, 0.717) is 37.0 Å². The molecular formula is C25H39N5O3. The molecule has 0 spiro atoms. The Kier molecular flexibility index (Phi) is 9.32. The van der Waals surface area contributed by atoms with Crippen molar-refractivity contribution >= 4 is 23.1 Å². The van der Waals surface area contributed by atoms with Gasteiger partial charge < -0.3 is 15.5 Å². The first-order chi connectivity index (χ1) is 15.6. The Bertz CT molecular complexity index is 1040. The number of nitrogen functional groups attached to an aromatic ring is 1. The molecule has 8 heteroatoms. The number of aromatic nitrogens is 2. The Hall–Kier alpha value is -3.03. The van der Waals surface area contributed by atoms with E-state index < -0.39 is 11.2 Å². The van der Waals surface area contributed by atoms with Crippen molar-refractivity contribution in [1.29, 1.82) is 0 Å². The van der Waals surface area contributed by atoms with Gasteiger partial charge in [0.1, 0.15) is 5.82 Å². The molecule has 0 unspecified atom stereocenters. The highest BCUT2D eigenvalue weighted by atomic mass is 16.2. The third-order valence-electron chi connectivity index (χ3n) is 5.80. The molecule has 3 N–H and O–H groups in total. The number of carbonyl (C=O) groups excluding carboxylic acids is 1. The molecule has 0 saturated carbocycles. The number of anilines is 3. The lowest BCUT2D eigenvalue weighted by atomic mass is 10.1. The molecule has 0 aliphatic carbocycles. The second kappa shape index (κ2) is 11.7. The summed E-state index contributed by atoms with van der Waals surface area (Å²) >= 11 is 0. The summed E-state index contributed by atoms with van der Waals surface area (Å²) in [5, 5.41) is 0. The van der Waals surface area contributed by atoms with Gasteiger partial charge in [-0.2, -0.15) is 0 Å². The number of aromatic amines is 1. The lowest BCUT2D eigenvalue weighted by molar-refractivity contribution is 0.0985. The maximum atomic E-state index is 13.6. The van der Waals surface area contributed by atoms with Crippen LogP contribution in [-0.2, 0) is 6.54 Å². The third-order valence-corrected chi connectivity index (χ3v) is 5.80. The number of rotatable bonds is 11. The van der Waals surface area contributed by atoms with E-state index in [1.54, 1.807) is 12.1 Å². The van der Waals surface area contributed by atoms with Gasteiger partial charge in [-0.05, 0) is 63.8 Å². The average molecular weight is 458 g/mol. The Morgan fingerprint density at radius 2 is 1.73 bits per heavy atom. The second-order valence-corrected chi connectivity index (χ2v) is 9.06. The van der Waals surface area contributed by atoms with Crippen molar-refractivity contribution < 1.29 is 4.79 Å². The van der Waals surface area contributed by atoms with Crippen LogP contribution in [0.25, 0.3) is 0 Å². The molecule has 1 heterocycles. The maximum absolute atomic E-state index is 13.6. The van der Waals surface area contributed by atoms with E-state index in [0.717, 1.165) is 25.1 Å². The third kappa shape index (κ3) is 6.27. The molecular weight excluding hydrogens is 418 g/mol. The summed E-state index contributed by atoms with van der Waals surface area (Å²) < 4.78 is 1.35. The number of amides is 1. The first-order valence-corrected chi connectivity index (χ1v) is 11.9. The summed E-state index contributed by atoms with van der Waals surface area (Å²) in [6.07, 6.45) is 2.29. The van der Waals surface area contributed by atoms with Crippen LogP contribution in [0, 0.1) is 5.92 Å². The Morgan fingerprint density at radius 1 is 1.09 bits per heavy atom. The number of H-pyrrole nitrogens is 1. The van der Waals surface area contributed by atoms with Crippen LogP contribution < -0.4 is 26.8 Å². The zero-order valence-electron chi connectivity index (χ0n) is 20.9. The van der Waals surface area contributed by atoms with Gasteiger partial charge in [-0.25, -0.2) is 4.79 Å². The monoisotopic (exact) mass is 457 g/mol. The van der Waals surface area contributed by atoms with Gasteiger partial charge in [0, 0.05) is 36.9 Å². The first-order valence-electron chi connectivity index (χ1n) is 11.9. The fourth-order valence-corrected chi connectivity index (χ4v) is 3.88. The molecule has 1 amide bonds. The lowest BCUT2D eigenvalue weighted by Gasteiger charge is -2.28. The van der Waals surface area contributed by atoms with Crippen LogP contribution in [0.3, 0.4) is 0 Å². The number of carbonyl (C=O) groups is 1. The van der Waals surface area contributed by atoms with E-state index in [1.807, 2.05) is 19.1 Å². The van der Waals surface area contributed by atoms with Crippen molar-refractivity contribution in [2.75, 3.05) is 28.6 Å². The van der Waals surface area contributed by atoms with Crippen LogP contribution in [0.2, 0.25) is 0 Å². The van der Waals surface area contributed by atoms with Crippen LogP contribution >= 0.6 is 0 Å². The second-order valence-electron chi connectivity index (χ2n) is 9.06. The van der Waals surface area contributed by atoms with E-state index in [1.165, 1.54) is 9.47 Å². The van der Waals surface area contributed by atoms with Crippen molar-refractivity contribution in [3.05, 3.63) is 50.7 Å². The summed E-state index contributed by atoms with van der Waals surface area (Å²) in [5.74, 6) is 0.0358. The molecule has 8 nitrogen and oxygen atoms in total. The number of benzene rings is 1. The van der Waals surface area contributed by atoms with Crippen LogP contribution in [0.5, 0.6) is 0 Å². The molecule has 2 rings (SSSR count). The number of nitrogens with one attached hydrogen (secondary N) is 1. The van der Waals surface area contributed by atoms with Crippen LogP contribution in [0.15, 0.2) is 33.9 Å². The average Bonchev–Trinajstić information content (AvgIpc) is 2.75. The van der Waals surface area contributed by atoms with Crippen molar-refractivity contribution in [2.24, 2.45) is 5.92 Å². The predicted molar refractivity (Wildman–Crippen MR) is 136 cm³/mol. The van der Waals surface area contributed by atoms with Gasteiger partial charge >= 0.3 is 5.69 Å². The fraction of sp³-hybridized carbons (Fsp3) is 0.560. The number of hydrogen-bond donors (Lipinski definition) is 2. The van der Waals surface area contributed by atoms with Crippen molar-refractivity contribution in [1.82, 2.24) is 9.55 Å². The largest absolute Gasteiger partial charge is 0.383 e. The van der Waals surface area contributed by atoms with E-state index in [9.17, 15) is 14.4 Å². The van der Waals surface area contributed by atoms with Gasteiger partial charge in [0.15, 0.2) is 5.69 Å². The molecule has 0 bridgehead atoms. The number of nitrogens with zero attached hydrogens (tertiary/aromatic N) is 3. The maximum Gasteiger partial charge on any atom is 0.330 e. The number of hydrogen-bond acceptors (Lipinski definition) is 5. The summed E-state index contributed by atoms with van der Waals surface area (Å²) in [7, 11) is 0. The Labute approximate surface area is 196 Å². The van der Waals surface area contributed by atoms with E-state index >= 15 is 0 Å². The Balaban J connectivity index is 2.52. The smallest absolute Gasteiger partial charge is 0.330 e. The van der Waals surface area contributed by atoms with Gasteiger partial charge in [-0.15, -0.1) is 0 Å².